The second kappa shape index (κ2) is 5.50. The largest absolute Gasteiger partial charge is 0.478 e. The van der Waals surface area contributed by atoms with Gasteiger partial charge in [0, 0.05) is 12.2 Å². The lowest BCUT2D eigenvalue weighted by atomic mass is 10.4. The first kappa shape index (κ1) is 12.5. The molecule has 7 nitrogen and oxygen atoms in total. The maximum absolute atomic E-state index is 11.0. The van der Waals surface area contributed by atoms with Gasteiger partial charge in [-0.15, -0.1) is 0 Å². The Morgan fingerprint density at radius 1 is 1.24 bits per heavy atom. The van der Waals surface area contributed by atoms with Crippen LogP contribution in [0.25, 0.3) is 0 Å². The highest BCUT2D eigenvalue weighted by Crippen LogP contribution is 2.07. The molecule has 0 spiro atoms. The fraction of sp³-hybridized carbons (Fsp3) is 0.100. The third-order valence-corrected chi connectivity index (χ3v) is 1.69. The molecule has 0 bridgehead atoms. The number of carboxylic acid groups (broad SMARTS) is 2. The summed E-state index contributed by atoms with van der Waals surface area (Å²) in [6.45, 7) is -0.0178. The van der Waals surface area contributed by atoms with Crippen molar-refractivity contribution in [3.8, 4) is 0 Å². The van der Waals surface area contributed by atoms with Gasteiger partial charge in [0.15, 0.2) is 0 Å². The third-order valence-electron chi connectivity index (χ3n) is 1.69. The molecule has 0 fully saturated rings. The minimum Gasteiger partial charge on any atom is -0.478 e. The van der Waals surface area contributed by atoms with Crippen LogP contribution in [0.3, 0.4) is 0 Å². The van der Waals surface area contributed by atoms with E-state index in [4.69, 9.17) is 14.6 Å². The van der Waals surface area contributed by atoms with Crippen molar-refractivity contribution in [2.24, 2.45) is 0 Å². The first-order valence-electron chi connectivity index (χ1n) is 4.50. The van der Waals surface area contributed by atoms with Crippen LogP contribution in [0.15, 0.2) is 28.7 Å². The van der Waals surface area contributed by atoms with Crippen LogP contribution < -0.4 is 5.32 Å². The van der Waals surface area contributed by atoms with E-state index in [0.29, 0.717) is 6.08 Å². The quantitative estimate of drug-likeness (QED) is 0.633. The molecule has 17 heavy (non-hydrogen) atoms. The predicted octanol–water partition coefficient (Wildman–Crippen LogP) is 0.235. The second-order valence-corrected chi connectivity index (χ2v) is 2.96. The molecule has 0 aliphatic rings. The Kier molecular flexibility index (Phi) is 4.04. The number of furan rings is 1. The number of carboxylic acids is 2. The van der Waals surface area contributed by atoms with Crippen molar-refractivity contribution in [1.29, 1.82) is 0 Å². The average Bonchev–Trinajstić information content (AvgIpc) is 2.72. The maximum atomic E-state index is 11.0. The smallest absolute Gasteiger partial charge is 0.371 e. The maximum Gasteiger partial charge on any atom is 0.371 e. The van der Waals surface area contributed by atoms with Crippen molar-refractivity contribution < 1.29 is 29.0 Å². The molecule has 1 aromatic rings. The van der Waals surface area contributed by atoms with E-state index in [0.717, 1.165) is 6.08 Å². The van der Waals surface area contributed by atoms with E-state index >= 15 is 0 Å². The fourth-order valence-electron chi connectivity index (χ4n) is 0.968. The van der Waals surface area contributed by atoms with Crippen molar-refractivity contribution in [3.05, 3.63) is 35.8 Å². The lowest BCUT2D eigenvalue weighted by Gasteiger charge is -1.97. The van der Waals surface area contributed by atoms with Crippen LogP contribution >= 0.6 is 0 Å². The van der Waals surface area contributed by atoms with Crippen LogP contribution in [0.2, 0.25) is 0 Å². The molecular weight excluding hydrogens is 230 g/mol. The van der Waals surface area contributed by atoms with E-state index in [2.05, 4.69) is 5.32 Å². The minimum atomic E-state index is -1.23. The van der Waals surface area contributed by atoms with Gasteiger partial charge in [0.05, 0.1) is 6.54 Å². The number of carbonyl (C=O) groups is 3. The molecule has 0 radical (unpaired) electrons. The van der Waals surface area contributed by atoms with Gasteiger partial charge in [0.2, 0.25) is 11.7 Å². The van der Waals surface area contributed by atoms with Gasteiger partial charge < -0.3 is 19.9 Å². The molecule has 1 heterocycles. The summed E-state index contributed by atoms with van der Waals surface area (Å²) >= 11 is 0. The van der Waals surface area contributed by atoms with Gasteiger partial charge in [-0.2, -0.15) is 0 Å². The lowest BCUT2D eigenvalue weighted by Crippen LogP contribution is -2.20. The van der Waals surface area contributed by atoms with Crippen LogP contribution in [0.1, 0.15) is 16.3 Å². The Morgan fingerprint density at radius 2 is 1.94 bits per heavy atom. The van der Waals surface area contributed by atoms with Crippen molar-refractivity contribution in [1.82, 2.24) is 5.32 Å². The lowest BCUT2D eigenvalue weighted by molar-refractivity contribution is -0.131. The predicted molar refractivity (Wildman–Crippen MR) is 54.3 cm³/mol. The van der Waals surface area contributed by atoms with Crippen molar-refractivity contribution in [2.45, 2.75) is 6.54 Å². The Bertz CT molecular complexity index is 473. The molecule has 0 atom stereocenters. The Balaban J connectivity index is 2.47. The van der Waals surface area contributed by atoms with Gasteiger partial charge in [-0.3, -0.25) is 4.79 Å². The standard InChI is InChI=1S/C10H9NO6/c12-8(3-4-9(13)14)11-5-6-1-2-7(17-6)10(15)16/h1-4H,5H2,(H,11,12)(H,13,14)(H,15,16). The van der Waals surface area contributed by atoms with Crippen LogP contribution in [0.5, 0.6) is 0 Å². The van der Waals surface area contributed by atoms with Gasteiger partial charge in [0.1, 0.15) is 5.76 Å². The summed E-state index contributed by atoms with van der Waals surface area (Å²) in [4.78, 5) is 31.6. The third kappa shape index (κ3) is 4.20. The number of amides is 1. The second-order valence-electron chi connectivity index (χ2n) is 2.96. The molecule has 0 aliphatic carbocycles. The van der Waals surface area contributed by atoms with E-state index in [1.165, 1.54) is 12.1 Å². The summed E-state index contributed by atoms with van der Waals surface area (Å²) in [6, 6.07) is 2.67. The van der Waals surface area contributed by atoms with Crippen LogP contribution in [-0.2, 0) is 16.1 Å². The Labute approximate surface area is 95.3 Å². The van der Waals surface area contributed by atoms with E-state index in [-0.39, 0.29) is 18.1 Å². The molecule has 0 aromatic carbocycles. The van der Waals surface area contributed by atoms with Gasteiger partial charge in [-0.1, -0.05) is 0 Å². The molecule has 0 saturated heterocycles. The minimum absolute atomic E-state index is 0.0178. The SMILES string of the molecule is O=C(O)C=CC(=O)NCc1ccc(C(=O)O)o1. The van der Waals surface area contributed by atoms with E-state index in [9.17, 15) is 14.4 Å². The molecule has 3 N–H and O–H groups in total. The van der Waals surface area contributed by atoms with Crippen molar-refractivity contribution in [2.75, 3.05) is 0 Å². The molecule has 1 amide bonds. The number of hydrogen-bond donors (Lipinski definition) is 3. The van der Waals surface area contributed by atoms with Gasteiger partial charge >= 0.3 is 11.9 Å². The number of nitrogens with one attached hydrogen (secondary N) is 1. The van der Waals surface area contributed by atoms with Gasteiger partial charge in [0.25, 0.3) is 0 Å². The molecule has 0 aliphatic heterocycles. The zero-order chi connectivity index (χ0) is 12.8. The van der Waals surface area contributed by atoms with Crippen molar-refractivity contribution in [3.63, 3.8) is 0 Å². The van der Waals surface area contributed by atoms with Gasteiger partial charge in [-0.25, -0.2) is 9.59 Å². The number of hydrogen-bond acceptors (Lipinski definition) is 4. The number of aromatic carboxylic acids is 1. The highest BCUT2D eigenvalue weighted by atomic mass is 16.4. The Morgan fingerprint density at radius 3 is 2.47 bits per heavy atom. The zero-order valence-corrected chi connectivity index (χ0v) is 8.54. The molecule has 0 unspecified atom stereocenters. The van der Waals surface area contributed by atoms with E-state index < -0.39 is 17.8 Å². The normalized spacial score (nSPS) is 10.4. The monoisotopic (exact) mass is 239 g/mol. The molecule has 1 aromatic heterocycles. The molecule has 7 heteroatoms. The Hall–Kier alpha value is -2.57. The summed E-state index contributed by atoms with van der Waals surface area (Å²) in [5.74, 6) is -3.00. The number of aliphatic carboxylic acids is 1. The van der Waals surface area contributed by atoms with E-state index in [1.54, 1.807) is 0 Å². The zero-order valence-electron chi connectivity index (χ0n) is 8.54. The molecule has 90 valence electrons. The summed E-state index contributed by atoms with van der Waals surface area (Å²) in [6.07, 6.45) is 1.55. The molecule has 0 saturated carbocycles. The first-order chi connectivity index (χ1) is 7.99. The fourth-order valence-corrected chi connectivity index (χ4v) is 0.968. The summed E-state index contributed by atoms with van der Waals surface area (Å²) in [5, 5.41) is 19.2. The highest BCUT2D eigenvalue weighted by Gasteiger charge is 2.08. The van der Waals surface area contributed by atoms with Crippen LogP contribution in [-0.4, -0.2) is 28.1 Å². The molecular formula is C10H9NO6. The number of carbonyl (C=O) groups excluding carboxylic acids is 1. The molecule has 1 rings (SSSR count). The van der Waals surface area contributed by atoms with Crippen LogP contribution in [0, 0.1) is 0 Å². The van der Waals surface area contributed by atoms with Crippen LogP contribution in [0.4, 0.5) is 0 Å². The summed E-state index contributed by atoms with van der Waals surface area (Å²) < 4.78 is 4.87. The summed E-state index contributed by atoms with van der Waals surface area (Å²) in [5.41, 5.74) is 0. The van der Waals surface area contributed by atoms with Crippen molar-refractivity contribution >= 4 is 17.8 Å². The highest BCUT2D eigenvalue weighted by molar-refractivity contribution is 5.93. The summed E-state index contributed by atoms with van der Waals surface area (Å²) in [7, 11) is 0. The van der Waals surface area contributed by atoms with E-state index in [1.807, 2.05) is 0 Å². The number of rotatable bonds is 5. The van der Waals surface area contributed by atoms with Gasteiger partial charge in [-0.05, 0) is 12.1 Å². The average molecular weight is 239 g/mol. The topological polar surface area (TPSA) is 117 Å². The first-order valence-corrected chi connectivity index (χ1v) is 4.50.